The summed E-state index contributed by atoms with van der Waals surface area (Å²) >= 11 is 7.22. The number of aromatic nitrogens is 5. The molecular formula is C25H22Br2N6O. The minimum Gasteiger partial charge on any atom is -0.443 e. The molecule has 9 heteroatoms. The van der Waals surface area contributed by atoms with Gasteiger partial charge in [-0.25, -0.2) is 9.67 Å². The first-order chi connectivity index (χ1) is 16.7. The van der Waals surface area contributed by atoms with Gasteiger partial charge >= 0.3 is 0 Å². The van der Waals surface area contributed by atoms with Crippen molar-refractivity contribution in [2.24, 2.45) is 0 Å². The second-order valence-electron chi connectivity index (χ2n) is 8.02. The first-order valence-electron chi connectivity index (χ1n) is 11.0. The number of unbranched alkanes of at least 4 members (excludes halogenated alkanes) is 1. The summed E-state index contributed by atoms with van der Waals surface area (Å²) in [6.45, 7) is 0.741. The number of fused-ring (bicyclic) bond motifs is 1. The van der Waals surface area contributed by atoms with Gasteiger partial charge in [-0.15, -0.1) is 5.10 Å². The standard InChI is InChI=1S/C25H22Br2N6O/c26-19-12-18(13-20(27)14-19)24(29-21-9-10-23-22(15-21)28-16-34-23)25-30-31-32-33(25)11-5-4-8-17-6-2-1-3-7-17/h1-3,6-7,9-10,12-16,24,29H,4-5,8,11H2. The van der Waals surface area contributed by atoms with Crippen LogP contribution in [0.5, 0.6) is 0 Å². The highest BCUT2D eigenvalue weighted by molar-refractivity contribution is 9.11. The minimum atomic E-state index is -0.262. The number of halogens is 2. The van der Waals surface area contributed by atoms with Gasteiger partial charge in [0.25, 0.3) is 0 Å². The third kappa shape index (κ3) is 5.37. The van der Waals surface area contributed by atoms with E-state index >= 15 is 0 Å². The van der Waals surface area contributed by atoms with Crippen LogP contribution < -0.4 is 5.32 Å². The highest BCUT2D eigenvalue weighted by Crippen LogP contribution is 2.31. The fourth-order valence-corrected chi connectivity index (χ4v) is 5.30. The van der Waals surface area contributed by atoms with Gasteiger partial charge in [-0.1, -0.05) is 62.2 Å². The Morgan fingerprint density at radius 1 is 0.941 bits per heavy atom. The van der Waals surface area contributed by atoms with Crippen LogP contribution in [0.15, 0.2) is 86.5 Å². The van der Waals surface area contributed by atoms with Crippen LogP contribution in [0.2, 0.25) is 0 Å². The van der Waals surface area contributed by atoms with Crippen molar-refractivity contribution in [1.82, 2.24) is 25.2 Å². The van der Waals surface area contributed by atoms with Gasteiger partial charge in [-0.2, -0.15) is 0 Å². The number of anilines is 1. The molecule has 34 heavy (non-hydrogen) atoms. The average molecular weight is 582 g/mol. The molecule has 5 aromatic rings. The summed E-state index contributed by atoms with van der Waals surface area (Å²) in [6, 6.07) is 22.3. The molecule has 0 aliphatic carbocycles. The van der Waals surface area contributed by atoms with Gasteiger partial charge in [0.2, 0.25) is 0 Å². The number of rotatable bonds is 9. The molecule has 0 radical (unpaired) electrons. The monoisotopic (exact) mass is 580 g/mol. The van der Waals surface area contributed by atoms with Crippen molar-refractivity contribution in [3.05, 3.63) is 99.0 Å². The molecule has 0 saturated heterocycles. The van der Waals surface area contributed by atoms with Crippen LogP contribution in [0.25, 0.3) is 11.1 Å². The predicted octanol–water partition coefficient (Wildman–Crippen LogP) is 6.56. The summed E-state index contributed by atoms with van der Waals surface area (Å²) in [7, 11) is 0. The van der Waals surface area contributed by atoms with Crippen LogP contribution in [0, 0.1) is 0 Å². The Balaban J connectivity index is 1.39. The Morgan fingerprint density at radius 2 is 1.76 bits per heavy atom. The molecule has 7 nitrogen and oxygen atoms in total. The van der Waals surface area contributed by atoms with Crippen molar-refractivity contribution in [2.75, 3.05) is 5.32 Å². The van der Waals surface area contributed by atoms with E-state index in [2.05, 4.69) is 94.1 Å². The van der Waals surface area contributed by atoms with Crippen LogP contribution in [0.1, 0.15) is 35.8 Å². The van der Waals surface area contributed by atoms with Crippen LogP contribution >= 0.6 is 31.9 Å². The van der Waals surface area contributed by atoms with E-state index in [1.807, 2.05) is 35.0 Å². The number of nitrogens with one attached hydrogen (secondary N) is 1. The number of oxazole rings is 1. The second kappa shape index (κ2) is 10.5. The number of aryl methyl sites for hydroxylation is 2. The van der Waals surface area contributed by atoms with Crippen LogP contribution in [0.4, 0.5) is 5.69 Å². The largest absolute Gasteiger partial charge is 0.443 e. The van der Waals surface area contributed by atoms with Gasteiger partial charge in [0.15, 0.2) is 17.8 Å². The summed E-state index contributed by atoms with van der Waals surface area (Å²) in [4.78, 5) is 4.28. The molecule has 0 bridgehead atoms. The zero-order valence-corrected chi connectivity index (χ0v) is 21.4. The number of tetrazole rings is 1. The average Bonchev–Trinajstić information content (AvgIpc) is 3.49. The Bertz CT molecular complexity index is 1360. The fraction of sp³-hybridized carbons (Fsp3) is 0.200. The van der Waals surface area contributed by atoms with Gasteiger partial charge in [-0.05, 0) is 77.2 Å². The molecule has 0 aliphatic rings. The lowest BCUT2D eigenvalue weighted by molar-refractivity contribution is 0.517. The molecule has 5 rings (SSSR count). The molecule has 0 aliphatic heterocycles. The number of hydrogen-bond donors (Lipinski definition) is 1. The van der Waals surface area contributed by atoms with Crippen LogP contribution in [0.3, 0.4) is 0 Å². The van der Waals surface area contributed by atoms with Gasteiger partial charge in [0, 0.05) is 21.2 Å². The maximum absolute atomic E-state index is 5.38. The smallest absolute Gasteiger partial charge is 0.181 e. The minimum absolute atomic E-state index is 0.262. The topological polar surface area (TPSA) is 81.7 Å². The highest BCUT2D eigenvalue weighted by atomic mass is 79.9. The van der Waals surface area contributed by atoms with Crippen molar-refractivity contribution >= 4 is 48.6 Å². The normalized spacial score (nSPS) is 12.2. The molecule has 3 aromatic carbocycles. The van der Waals surface area contributed by atoms with Crippen LogP contribution in [-0.4, -0.2) is 25.2 Å². The Morgan fingerprint density at radius 3 is 2.59 bits per heavy atom. The molecule has 0 saturated carbocycles. The van der Waals surface area contributed by atoms with E-state index in [1.54, 1.807) is 0 Å². The Labute approximate surface area is 213 Å². The third-order valence-corrected chi connectivity index (χ3v) is 6.52. The second-order valence-corrected chi connectivity index (χ2v) is 9.85. The van der Waals surface area contributed by atoms with Crippen molar-refractivity contribution in [1.29, 1.82) is 0 Å². The van der Waals surface area contributed by atoms with E-state index < -0.39 is 0 Å². The zero-order valence-electron chi connectivity index (χ0n) is 18.2. The van der Waals surface area contributed by atoms with E-state index in [4.69, 9.17) is 4.42 Å². The Kier molecular flexibility index (Phi) is 7.01. The molecule has 0 fully saturated rings. The van der Waals surface area contributed by atoms with Gasteiger partial charge in [0.05, 0.1) is 0 Å². The molecule has 1 N–H and O–H groups in total. The van der Waals surface area contributed by atoms with Crippen molar-refractivity contribution in [3.63, 3.8) is 0 Å². The van der Waals surface area contributed by atoms with Crippen molar-refractivity contribution in [3.8, 4) is 0 Å². The molecule has 2 aromatic heterocycles. The van der Waals surface area contributed by atoms with E-state index in [-0.39, 0.29) is 6.04 Å². The third-order valence-electron chi connectivity index (χ3n) is 5.61. The highest BCUT2D eigenvalue weighted by Gasteiger charge is 2.22. The predicted molar refractivity (Wildman–Crippen MR) is 139 cm³/mol. The van der Waals surface area contributed by atoms with E-state index in [1.165, 1.54) is 12.0 Å². The lowest BCUT2D eigenvalue weighted by Gasteiger charge is -2.20. The molecule has 1 unspecified atom stereocenters. The Hall–Kier alpha value is -3.04. The molecule has 1 atom stereocenters. The molecular weight excluding hydrogens is 560 g/mol. The maximum atomic E-state index is 5.38. The van der Waals surface area contributed by atoms with E-state index in [0.29, 0.717) is 0 Å². The first-order valence-corrected chi connectivity index (χ1v) is 12.6. The summed E-state index contributed by atoms with van der Waals surface area (Å²) in [5.74, 6) is 0.755. The van der Waals surface area contributed by atoms with Crippen LogP contribution in [-0.2, 0) is 13.0 Å². The number of hydrogen-bond acceptors (Lipinski definition) is 6. The van der Waals surface area contributed by atoms with Gasteiger partial charge < -0.3 is 9.73 Å². The van der Waals surface area contributed by atoms with E-state index in [9.17, 15) is 0 Å². The van der Waals surface area contributed by atoms with Crippen molar-refractivity contribution in [2.45, 2.75) is 31.8 Å². The molecule has 2 heterocycles. The van der Waals surface area contributed by atoms with Gasteiger partial charge in [0.1, 0.15) is 11.6 Å². The first kappa shape index (κ1) is 22.7. The number of nitrogens with zero attached hydrogens (tertiary/aromatic N) is 5. The SMILES string of the molecule is Brc1cc(Br)cc(C(Nc2ccc3ocnc3c2)c2nnnn2CCCCc2ccccc2)c1. The quantitative estimate of drug-likeness (QED) is 0.198. The number of benzene rings is 3. The molecule has 172 valence electrons. The van der Waals surface area contributed by atoms with E-state index in [0.717, 1.165) is 62.9 Å². The van der Waals surface area contributed by atoms with Crippen molar-refractivity contribution < 1.29 is 4.42 Å². The van der Waals surface area contributed by atoms with Gasteiger partial charge in [-0.3, -0.25) is 0 Å². The maximum Gasteiger partial charge on any atom is 0.181 e. The zero-order chi connectivity index (χ0) is 23.3. The fourth-order valence-electron chi connectivity index (χ4n) is 3.97. The lowest BCUT2D eigenvalue weighted by atomic mass is 10.1. The lowest BCUT2D eigenvalue weighted by Crippen LogP contribution is -2.19. The summed E-state index contributed by atoms with van der Waals surface area (Å²) in [6.07, 6.45) is 4.53. The summed E-state index contributed by atoms with van der Waals surface area (Å²) < 4.78 is 9.22. The molecule has 0 spiro atoms. The molecule has 0 amide bonds. The summed E-state index contributed by atoms with van der Waals surface area (Å²) in [5.41, 5.74) is 4.82. The summed E-state index contributed by atoms with van der Waals surface area (Å²) in [5, 5.41) is 16.3.